The summed E-state index contributed by atoms with van der Waals surface area (Å²) >= 11 is 1.85. The lowest BCUT2D eigenvalue weighted by atomic mass is 9.85. The zero-order valence-corrected chi connectivity index (χ0v) is 20.6. The van der Waals surface area contributed by atoms with Crippen LogP contribution in [0.3, 0.4) is 0 Å². The summed E-state index contributed by atoms with van der Waals surface area (Å²) in [5, 5.41) is 13.0. The van der Waals surface area contributed by atoms with Gasteiger partial charge < -0.3 is 10.4 Å². The van der Waals surface area contributed by atoms with Gasteiger partial charge in [-0.2, -0.15) is 11.8 Å². The molecule has 2 aromatic heterocycles. The van der Waals surface area contributed by atoms with E-state index in [2.05, 4.69) is 10.3 Å². The van der Waals surface area contributed by atoms with Crippen molar-refractivity contribution >= 4 is 28.7 Å². The summed E-state index contributed by atoms with van der Waals surface area (Å²) in [4.78, 5) is 43.9. The summed E-state index contributed by atoms with van der Waals surface area (Å²) in [6.07, 6.45) is 7.69. The lowest BCUT2D eigenvalue weighted by molar-refractivity contribution is -0.127. The van der Waals surface area contributed by atoms with Crippen LogP contribution in [0.4, 0.5) is 4.39 Å². The van der Waals surface area contributed by atoms with Crippen molar-refractivity contribution in [3.8, 4) is 0 Å². The number of nitrogens with zero attached hydrogens (tertiary/aromatic N) is 3. The van der Waals surface area contributed by atoms with Crippen molar-refractivity contribution in [2.75, 3.05) is 11.5 Å². The molecule has 8 nitrogen and oxygen atoms in total. The lowest BCUT2D eigenvalue weighted by Crippen LogP contribution is -2.47. The van der Waals surface area contributed by atoms with Gasteiger partial charge in [0.05, 0.1) is 17.7 Å². The number of aliphatic hydroxyl groups is 1. The number of pyridine rings is 1. The molecule has 0 bridgehead atoms. The zero-order chi connectivity index (χ0) is 24.5. The SMILES string of the molecule is O=C(NC1CCC(n2c(=O)c3cc(F)cnc3n(C3CCSCC3)c2=O)CC1)C1CCC(O)CC1. The molecule has 35 heavy (non-hydrogen) atoms. The highest BCUT2D eigenvalue weighted by molar-refractivity contribution is 7.99. The van der Waals surface area contributed by atoms with E-state index in [0.717, 1.165) is 30.5 Å². The number of hydrogen-bond acceptors (Lipinski definition) is 6. The molecule has 10 heteroatoms. The van der Waals surface area contributed by atoms with Gasteiger partial charge in [-0.05, 0) is 81.8 Å². The monoisotopic (exact) mass is 504 g/mol. The highest BCUT2D eigenvalue weighted by Crippen LogP contribution is 2.31. The van der Waals surface area contributed by atoms with E-state index in [-0.39, 0.29) is 52.8 Å². The second-order valence-electron chi connectivity index (χ2n) is 10.2. The Morgan fingerprint density at radius 2 is 1.63 bits per heavy atom. The van der Waals surface area contributed by atoms with Crippen LogP contribution in [-0.4, -0.2) is 48.8 Å². The van der Waals surface area contributed by atoms with Crippen LogP contribution >= 0.6 is 11.8 Å². The Bertz CT molecular complexity index is 1190. The molecule has 1 amide bonds. The second-order valence-corrected chi connectivity index (χ2v) is 11.4. The Hall–Kier alpha value is -2.20. The van der Waals surface area contributed by atoms with Crippen LogP contribution in [0.15, 0.2) is 21.9 Å². The molecular formula is C25H33FN4O4S. The summed E-state index contributed by atoms with van der Waals surface area (Å²) in [5.41, 5.74) is -0.563. The van der Waals surface area contributed by atoms with E-state index >= 15 is 0 Å². The lowest BCUT2D eigenvalue weighted by Gasteiger charge is -2.33. The van der Waals surface area contributed by atoms with Crippen molar-refractivity contribution in [1.29, 1.82) is 0 Å². The molecule has 3 heterocycles. The molecule has 0 atom stereocenters. The number of carbonyl (C=O) groups excluding carboxylic acids is 1. The summed E-state index contributed by atoms with van der Waals surface area (Å²) in [5.74, 6) is 1.27. The van der Waals surface area contributed by atoms with Crippen molar-refractivity contribution in [2.45, 2.75) is 88.4 Å². The fraction of sp³-hybridized carbons (Fsp3) is 0.680. The minimum absolute atomic E-state index is 0.0125. The van der Waals surface area contributed by atoms with Gasteiger partial charge in [0, 0.05) is 24.0 Å². The van der Waals surface area contributed by atoms with Crippen molar-refractivity contribution in [2.24, 2.45) is 5.92 Å². The highest BCUT2D eigenvalue weighted by atomic mass is 32.2. The first-order valence-corrected chi connectivity index (χ1v) is 14.0. The molecule has 0 aromatic carbocycles. The molecule has 1 aliphatic heterocycles. The normalized spacial score (nSPS) is 28.2. The number of nitrogens with one attached hydrogen (secondary N) is 1. The molecule has 0 radical (unpaired) electrons. The summed E-state index contributed by atoms with van der Waals surface area (Å²) in [7, 11) is 0. The van der Waals surface area contributed by atoms with E-state index < -0.39 is 11.4 Å². The highest BCUT2D eigenvalue weighted by Gasteiger charge is 2.31. The Kier molecular flexibility index (Phi) is 7.29. The molecule has 2 aliphatic carbocycles. The average Bonchev–Trinajstić information content (AvgIpc) is 2.86. The van der Waals surface area contributed by atoms with E-state index in [1.165, 1.54) is 10.6 Å². The molecule has 1 saturated heterocycles. The predicted molar refractivity (Wildman–Crippen MR) is 133 cm³/mol. The molecule has 5 rings (SSSR count). The number of hydrogen-bond donors (Lipinski definition) is 2. The smallest absolute Gasteiger partial charge is 0.333 e. The van der Waals surface area contributed by atoms with Crippen LogP contribution < -0.4 is 16.6 Å². The first-order chi connectivity index (χ1) is 16.9. The van der Waals surface area contributed by atoms with E-state index in [1.54, 1.807) is 4.57 Å². The molecule has 3 aliphatic rings. The first kappa shape index (κ1) is 24.5. The molecule has 2 N–H and O–H groups in total. The maximum atomic E-state index is 14.1. The van der Waals surface area contributed by atoms with Crippen LogP contribution in [0.5, 0.6) is 0 Å². The second kappa shape index (κ2) is 10.4. The van der Waals surface area contributed by atoms with Gasteiger partial charge in [-0.15, -0.1) is 0 Å². The molecule has 3 fully saturated rings. The summed E-state index contributed by atoms with van der Waals surface area (Å²) in [6, 6.07) is 0.866. The molecule has 0 unspecified atom stereocenters. The molecule has 0 spiro atoms. The maximum absolute atomic E-state index is 14.1. The van der Waals surface area contributed by atoms with Crippen LogP contribution in [0.25, 0.3) is 11.0 Å². The van der Waals surface area contributed by atoms with Gasteiger partial charge >= 0.3 is 5.69 Å². The van der Waals surface area contributed by atoms with E-state index in [1.807, 2.05) is 11.8 Å². The first-order valence-electron chi connectivity index (χ1n) is 12.8. The third-order valence-corrected chi connectivity index (χ3v) is 9.00. The number of aliphatic hydroxyl groups excluding tert-OH is 1. The Balaban J connectivity index is 1.37. The summed E-state index contributed by atoms with van der Waals surface area (Å²) in [6.45, 7) is 0. The van der Waals surface area contributed by atoms with E-state index in [4.69, 9.17) is 0 Å². The average molecular weight is 505 g/mol. The van der Waals surface area contributed by atoms with Crippen LogP contribution in [0, 0.1) is 11.7 Å². The van der Waals surface area contributed by atoms with Crippen molar-refractivity contribution in [3.63, 3.8) is 0 Å². The van der Waals surface area contributed by atoms with Gasteiger partial charge in [-0.1, -0.05) is 0 Å². The fourth-order valence-corrected chi connectivity index (χ4v) is 7.02. The Morgan fingerprint density at radius 1 is 0.971 bits per heavy atom. The topological polar surface area (TPSA) is 106 Å². The maximum Gasteiger partial charge on any atom is 0.333 e. The standard InChI is InChI=1S/C25H33FN4O4S/c26-16-13-21-22(27-14-16)29(19-9-11-35-12-10-19)25(34)30(24(21)33)18-5-3-17(4-6-18)28-23(32)15-1-7-20(31)8-2-15/h13-15,17-20,31H,1-12H2,(H,28,32). The Morgan fingerprint density at radius 3 is 2.31 bits per heavy atom. The number of halogens is 1. The molecule has 2 saturated carbocycles. The van der Waals surface area contributed by atoms with Gasteiger partial charge in [0.1, 0.15) is 11.5 Å². The van der Waals surface area contributed by atoms with Gasteiger partial charge in [0.2, 0.25) is 5.91 Å². The third-order valence-electron chi connectivity index (χ3n) is 7.95. The van der Waals surface area contributed by atoms with Gasteiger partial charge in [-0.3, -0.25) is 18.7 Å². The Labute approximate surface area is 207 Å². The third kappa shape index (κ3) is 5.05. The number of rotatable bonds is 4. The van der Waals surface area contributed by atoms with Gasteiger partial charge in [0.15, 0.2) is 0 Å². The van der Waals surface area contributed by atoms with Crippen molar-refractivity contribution in [3.05, 3.63) is 38.9 Å². The number of fused-ring (bicyclic) bond motifs is 1. The van der Waals surface area contributed by atoms with Crippen LogP contribution in [0.2, 0.25) is 0 Å². The largest absolute Gasteiger partial charge is 0.393 e. The zero-order valence-electron chi connectivity index (χ0n) is 19.8. The number of thioether (sulfide) groups is 1. The van der Waals surface area contributed by atoms with Crippen molar-refractivity contribution in [1.82, 2.24) is 19.4 Å². The number of aromatic nitrogens is 3. The van der Waals surface area contributed by atoms with Gasteiger partial charge in [-0.25, -0.2) is 14.2 Å². The van der Waals surface area contributed by atoms with Crippen molar-refractivity contribution < 1.29 is 14.3 Å². The predicted octanol–water partition coefficient (Wildman–Crippen LogP) is 2.92. The fourth-order valence-electron chi connectivity index (χ4n) is 5.93. The molecule has 2 aromatic rings. The quantitative estimate of drug-likeness (QED) is 0.663. The number of carbonyl (C=O) groups is 1. The minimum Gasteiger partial charge on any atom is -0.393 e. The summed E-state index contributed by atoms with van der Waals surface area (Å²) < 4.78 is 17.0. The van der Waals surface area contributed by atoms with Crippen LogP contribution in [-0.2, 0) is 4.79 Å². The molecule has 190 valence electrons. The molecular weight excluding hydrogens is 471 g/mol. The number of amides is 1. The minimum atomic E-state index is -0.591. The van der Waals surface area contributed by atoms with Crippen LogP contribution in [0.1, 0.15) is 76.3 Å². The van der Waals surface area contributed by atoms with E-state index in [9.17, 15) is 23.9 Å². The van der Waals surface area contributed by atoms with E-state index in [0.29, 0.717) is 51.4 Å². The van der Waals surface area contributed by atoms with Gasteiger partial charge in [0.25, 0.3) is 5.56 Å².